The summed E-state index contributed by atoms with van der Waals surface area (Å²) >= 11 is 3.41. The molecule has 3 rings (SSSR count). The number of nitrogens with one attached hydrogen (secondary N) is 3. The molecule has 1 aliphatic rings. The second kappa shape index (κ2) is 10.0. The number of aromatic amines is 1. The minimum atomic E-state index is -0.662. The van der Waals surface area contributed by atoms with Crippen LogP contribution in [-0.2, 0) is 16.5 Å². The minimum Gasteiger partial charge on any atom is -0.354 e. The number of halogens is 1. The highest BCUT2D eigenvalue weighted by atomic mass is 79.9. The fraction of sp³-hybridized carbons (Fsp3) is 0.480. The molecule has 3 N–H and O–H groups in total. The van der Waals surface area contributed by atoms with Crippen molar-refractivity contribution in [1.29, 1.82) is 0 Å². The number of H-pyrrole nitrogens is 1. The molecule has 1 aliphatic carbocycles. The number of fused-ring (bicyclic) bond motifs is 1. The zero-order valence-electron chi connectivity index (χ0n) is 19.2. The lowest BCUT2D eigenvalue weighted by molar-refractivity contribution is -0.118. The Morgan fingerprint density at radius 1 is 1.19 bits per heavy atom. The van der Waals surface area contributed by atoms with Gasteiger partial charge in [0, 0.05) is 28.7 Å². The number of alkyl halides is 1. The molecule has 0 aliphatic heterocycles. The molecule has 172 valence electrons. The molecule has 1 heterocycles. The van der Waals surface area contributed by atoms with Crippen LogP contribution in [0.15, 0.2) is 24.3 Å². The predicted octanol–water partition coefficient (Wildman–Crippen LogP) is 5.30. The van der Waals surface area contributed by atoms with Crippen LogP contribution in [0.5, 0.6) is 0 Å². The summed E-state index contributed by atoms with van der Waals surface area (Å²) in [5.74, 6) is -0.533. The molecule has 1 aromatic heterocycles. The van der Waals surface area contributed by atoms with Gasteiger partial charge in [-0.1, -0.05) is 61.7 Å². The molecule has 32 heavy (non-hydrogen) atoms. The number of Topliss-reactive ketones (excluding diaryl/α,β-unsaturated/α-hetero) is 1. The summed E-state index contributed by atoms with van der Waals surface area (Å²) in [4.78, 5) is 41.9. The van der Waals surface area contributed by atoms with E-state index < -0.39 is 6.04 Å². The number of rotatable bonds is 8. The van der Waals surface area contributed by atoms with Crippen LogP contribution in [-0.4, -0.2) is 28.6 Å². The Morgan fingerprint density at radius 2 is 1.88 bits per heavy atom. The molecular formula is C25H32BrN3O3. The van der Waals surface area contributed by atoms with E-state index in [1.807, 2.05) is 31.2 Å². The summed E-state index contributed by atoms with van der Waals surface area (Å²) in [5.41, 5.74) is 4.15. The molecule has 0 bridgehead atoms. The third kappa shape index (κ3) is 5.49. The Bertz CT molecular complexity index is 1010. The number of benzene rings is 1. The van der Waals surface area contributed by atoms with E-state index in [2.05, 4.69) is 45.4 Å². The summed E-state index contributed by atoms with van der Waals surface area (Å²) in [7, 11) is 0. The van der Waals surface area contributed by atoms with Crippen molar-refractivity contribution in [2.24, 2.45) is 5.41 Å². The smallest absolute Gasteiger partial charge is 0.268 e. The molecule has 6 nitrogen and oxygen atoms in total. The fourth-order valence-corrected chi connectivity index (χ4v) is 4.65. The lowest BCUT2D eigenvalue weighted by Crippen LogP contribution is -2.44. The van der Waals surface area contributed by atoms with Crippen LogP contribution in [0.1, 0.15) is 84.1 Å². The zero-order valence-corrected chi connectivity index (χ0v) is 20.8. The second-order valence-corrected chi connectivity index (χ2v) is 9.97. The van der Waals surface area contributed by atoms with Crippen molar-refractivity contribution in [2.45, 2.75) is 71.2 Å². The summed E-state index contributed by atoms with van der Waals surface area (Å²) in [6.07, 6.45) is 3.45. The number of amides is 2. The van der Waals surface area contributed by atoms with Gasteiger partial charge >= 0.3 is 0 Å². The third-order valence-corrected chi connectivity index (χ3v) is 6.62. The van der Waals surface area contributed by atoms with Crippen molar-refractivity contribution in [3.63, 3.8) is 0 Å². The summed E-state index contributed by atoms with van der Waals surface area (Å²) in [6, 6.07) is 6.92. The van der Waals surface area contributed by atoms with Gasteiger partial charge in [-0.15, -0.1) is 0 Å². The highest BCUT2D eigenvalue weighted by Crippen LogP contribution is 2.36. The number of carbonyl (C=O) groups is 3. The van der Waals surface area contributed by atoms with Gasteiger partial charge in [0.2, 0.25) is 5.91 Å². The number of hydrogen-bond donors (Lipinski definition) is 3. The van der Waals surface area contributed by atoms with E-state index in [1.54, 1.807) is 6.92 Å². The number of hydrogen-bond acceptors (Lipinski definition) is 3. The molecule has 1 unspecified atom stereocenters. The predicted molar refractivity (Wildman–Crippen MR) is 130 cm³/mol. The first-order chi connectivity index (χ1) is 15.1. The number of unbranched alkanes of at least 4 members (excludes halogenated alkanes) is 1. The Kier molecular flexibility index (Phi) is 7.59. The van der Waals surface area contributed by atoms with Crippen LogP contribution in [0.3, 0.4) is 0 Å². The molecular weight excluding hydrogens is 470 g/mol. The van der Waals surface area contributed by atoms with E-state index in [-0.39, 0.29) is 23.0 Å². The van der Waals surface area contributed by atoms with Crippen LogP contribution >= 0.6 is 15.9 Å². The van der Waals surface area contributed by atoms with Crippen LogP contribution in [0.2, 0.25) is 0 Å². The van der Waals surface area contributed by atoms with Gasteiger partial charge in [-0.3, -0.25) is 14.4 Å². The molecule has 7 heteroatoms. The van der Waals surface area contributed by atoms with E-state index >= 15 is 0 Å². The monoisotopic (exact) mass is 501 g/mol. The average molecular weight is 502 g/mol. The maximum atomic E-state index is 13.1. The van der Waals surface area contributed by atoms with Gasteiger partial charge in [0.1, 0.15) is 11.7 Å². The van der Waals surface area contributed by atoms with Crippen LogP contribution in [0.4, 0.5) is 5.69 Å². The summed E-state index contributed by atoms with van der Waals surface area (Å²) in [5, 5.41) is 6.55. The van der Waals surface area contributed by atoms with E-state index in [0.29, 0.717) is 41.8 Å². The molecule has 0 spiro atoms. The largest absolute Gasteiger partial charge is 0.354 e. The van der Waals surface area contributed by atoms with Crippen LogP contribution < -0.4 is 10.6 Å². The number of ketones is 1. The zero-order chi connectivity index (χ0) is 23.5. The highest BCUT2D eigenvalue weighted by Gasteiger charge is 2.35. The minimum absolute atomic E-state index is 0.0660. The van der Waals surface area contributed by atoms with Gasteiger partial charge in [-0.25, -0.2) is 0 Å². The fourth-order valence-electron chi connectivity index (χ4n) is 4.27. The SMILES string of the molecule is CCCCC(NC(=O)c1[nH]c2c(c1C)C(=O)CC(C)(C)C2)C(=O)Nc1ccc(CBr)cc1. The van der Waals surface area contributed by atoms with Crippen LogP contribution in [0, 0.1) is 12.3 Å². The summed E-state index contributed by atoms with van der Waals surface area (Å²) < 4.78 is 0. The normalized spacial score (nSPS) is 15.7. The Morgan fingerprint density at radius 3 is 2.50 bits per heavy atom. The van der Waals surface area contributed by atoms with E-state index in [4.69, 9.17) is 0 Å². The quantitative estimate of drug-likeness (QED) is 0.428. The van der Waals surface area contributed by atoms with Gasteiger partial charge in [-0.05, 0) is 48.4 Å². The topological polar surface area (TPSA) is 91.1 Å². The average Bonchev–Trinajstić information content (AvgIpc) is 3.06. The Hall–Kier alpha value is -2.41. The van der Waals surface area contributed by atoms with Gasteiger partial charge in [-0.2, -0.15) is 0 Å². The Balaban J connectivity index is 1.77. The molecule has 1 atom stereocenters. The Labute approximate surface area is 198 Å². The number of carbonyl (C=O) groups excluding carboxylic acids is 3. The van der Waals surface area contributed by atoms with Gasteiger partial charge in [0.15, 0.2) is 5.78 Å². The first-order valence-corrected chi connectivity index (χ1v) is 12.3. The number of aromatic nitrogens is 1. The highest BCUT2D eigenvalue weighted by molar-refractivity contribution is 9.08. The van der Waals surface area contributed by atoms with Gasteiger partial charge in [0.25, 0.3) is 5.91 Å². The molecule has 2 amide bonds. The van der Waals surface area contributed by atoms with E-state index in [9.17, 15) is 14.4 Å². The van der Waals surface area contributed by atoms with Crippen molar-refractivity contribution in [3.8, 4) is 0 Å². The van der Waals surface area contributed by atoms with Gasteiger partial charge in [0.05, 0.1) is 0 Å². The maximum Gasteiger partial charge on any atom is 0.268 e. The number of anilines is 1. The molecule has 0 fully saturated rings. The first kappa shape index (κ1) is 24.2. The molecule has 0 radical (unpaired) electrons. The van der Waals surface area contributed by atoms with Gasteiger partial charge < -0.3 is 15.6 Å². The van der Waals surface area contributed by atoms with E-state index in [1.165, 1.54) is 0 Å². The van der Waals surface area contributed by atoms with Crippen molar-refractivity contribution in [2.75, 3.05) is 5.32 Å². The lowest BCUT2D eigenvalue weighted by atomic mass is 9.75. The van der Waals surface area contributed by atoms with E-state index in [0.717, 1.165) is 29.4 Å². The second-order valence-electron chi connectivity index (χ2n) is 9.41. The molecule has 1 aromatic carbocycles. The summed E-state index contributed by atoms with van der Waals surface area (Å²) in [6.45, 7) is 7.96. The van der Waals surface area contributed by atoms with Crippen molar-refractivity contribution in [1.82, 2.24) is 10.3 Å². The maximum absolute atomic E-state index is 13.1. The molecule has 0 saturated carbocycles. The standard InChI is InChI=1S/C25H32BrN3O3/c1-5-6-7-18(23(31)27-17-10-8-16(14-26)9-11-17)29-24(32)22-15(2)21-19(28-22)12-25(3,4)13-20(21)30/h8-11,18,28H,5-7,12-14H2,1-4H3,(H,27,31)(H,29,32). The lowest BCUT2D eigenvalue weighted by Gasteiger charge is -2.28. The van der Waals surface area contributed by atoms with Crippen molar-refractivity contribution in [3.05, 3.63) is 52.3 Å². The molecule has 0 saturated heterocycles. The van der Waals surface area contributed by atoms with Crippen molar-refractivity contribution >= 4 is 39.2 Å². The van der Waals surface area contributed by atoms with Crippen LogP contribution in [0.25, 0.3) is 0 Å². The first-order valence-electron chi connectivity index (χ1n) is 11.2. The molecule has 2 aromatic rings. The third-order valence-electron chi connectivity index (χ3n) is 5.97. The van der Waals surface area contributed by atoms with Crippen molar-refractivity contribution < 1.29 is 14.4 Å².